The molecule has 0 saturated heterocycles. The van der Waals surface area contributed by atoms with Crippen LogP contribution in [0.25, 0.3) is 0 Å². The lowest BCUT2D eigenvalue weighted by atomic mass is 10.0. The molecule has 0 aromatic carbocycles. The molecular formula is C8H14N2O4. The molecule has 0 aliphatic carbocycles. The Hall–Kier alpha value is -1.59. The van der Waals surface area contributed by atoms with Crippen molar-refractivity contribution >= 4 is 17.4 Å². The van der Waals surface area contributed by atoms with Gasteiger partial charge in [0.2, 0.25) is 5.71 Å². The molecule has 0 aliphatic rings. The molecule has 0 fully saturated rings. The minimum Gasteiger partial charge on any atom is -0.461 e. The summed E-state index contributed by atoms with van der Waals surface area (Å²) in [6.45, 7) is 5.17. The van der Waals surface area contributed by atoms with Gasteiger partial charge in [0.1, 0.15) is 5.71 Å². The quantitative estimate of drug-likeness (QED) is 0.306. The summed E-state index contributed by atoms with van der Waals surface area (Å²) in [6.07, 6.45) is 0. The van der Waals surface area contributed by atoms with Crippen molar-refractivity contribution in [1.82, 2.24) is 0 Å². The van der Waals surface area contributed by atoms with Gasteiger partial charge >= 0.3 is 5.97 Å². The zero-order valence-corrected chi connectivity index (χ0v) is 8.39. The van der Waals surface area contributed by atoms with Gasteiger partial charge in [-0.2, -0.15) is 0 Å². The monoisotopic (exact) mass is 202 g/mol. The van der Waals surface area contributed by atoms with Crippen LogP contribution < -0.4 is 0 Å². The van der Waals surface area contributed by atoms with Crippen molar-refractivity contribution < 1.29 is 19.9 Å². The first kappa shape index (κ1) is 12.4. The molecule has 0 heterocycles. The third-order valence-electron chi connectivity index (χ3n) is 1.47. The molecule has 0 aromatic rings. The Morgan fingerprint density at radius 3 is 2.21 bits per heavy atom. The molecule has 0 bridgehead atoms. The van der Waals surface area contributed by atoms with Gasteiger partial charge in [0.15, 0.2) is 0 Å². The Morgan fingerprint density at radius 2 is 1.93 bits per heavy atom. The van der Waals surface area contributed by atoms with Gasteiger partial charge in [-0.15, -0.1) is 0 Å². The van der Waals surface area contributed by atoms with Gasteiger partial charge in [-0.3, -0.25) is 0 Å². The smallest absolute Gasteiger partial charge is 0.362 e. The SMILES string of the molecule is CCOC(=O)C(=N\O)/C(=N/O)C(C)C. The van der Waals surface area contributed by atoms with E-state index in [1.165, 1.54) is 0 Å². The number of rotatable bonds is 4. The average Bonchev–Trinajstić information content (AvgIpc) is 2.13. The van der Waals surface area contributed by atoms with Crippen molar-refractivity contribution in [2.75, 3.05) is 6.61 Å². The number of hydrogen-bond donors (Lipinski definition) is 2. The Labute approximate surface area is 81.9 Å². The highest BCUT2D eigenvalue weighted by molar-refractivity contribution is 6.65. The molecule has 80 valence electrons. The van der Waals surface area contributed by atoms with Gasteiger partial charge in [-0.1, -0.05) is 24.2 Å². The van der Waals surface area contributed by atoms with Crippen molar-refractivity contribution in [3.63, 3.8) is 0 Å². The number of carbonyl (C=O) groups excluding carboxylic acids is 1. The van der Waals surface area contributed by atoms with E-state index in [0.717, 1.165) is 0 Å². The minimum absolute atomic E-state index is 0.00838. The van der Waals surface area contributed by atoms with Gasteiger partial charge < -0.3 is 15.2 Å². The summed E-state index contributed by atoms with van der Waals surface area (Å²) in [5.41, 5.74) is -0.379. The Kier molecular flexibility index (Phi) is 5.28. The molecule has 0 aromatic heterocycles. The number of ether oxygens (including phenoxy) is 1. The fraction of sp³-hybridized carbons (Fsp3) is 0.625. The molecule has 2 N–H and O–H groups in total. The highest BCUT2D eigenvalue weighted by Gasteiger charge is 2.23. The predicted octanol–water partition coefficient (Wildman–Crippen LogP) is 0.866. The molecule has 0 saturated carbocycles. The molecule has 6 heteroatoms. The van der Waals surface area contributed by atoms with Crippen LogP contribution in [0.5, 0.6) is 0 Å². The predicted molar refractivity (Wildman–Crippen MR) is 49.9 cm³/mol. The minimum atomic E-state index is -0.809. The van der Waals surface area contributed by atoms with Crippen molar-refractivity contribution in [1.29, 1.82) is 0 Å². The molecule has 0 unspecified atom stereocenters. The summed E-state index contributed by atoms with van der Waals surface area (Å²) in [7, 11) is 0. The van der Waals surface area contributed by atoms with Crippen LogP contribution in [0.3, 0.4) is 0 Å². The van der Waals surface area contributed by atoms with Crippen LogP contribution in [-0.4, -0.2) is 34.4 Å². The second kappa shape index (κ2) is 5.95. The van der Waals surface area contributed by atoms with Crippen LogP contribution in [-0.2, 0) is 9.53 Å². The van der Waals surface area contributed by atoms with E-state index in [2.05, 4.69) is 15.0 Å². The number of esters is 1. The molecule has 0 rings (SSSR count). The van der Waals surface area contributed by atoms with Crippen LogP contribution in [0.4, 0.5) is 0 Å². The summed E-state index contributed by atoms with van der Waals surface area (Å²) in [4.78, 5) is 11.2. The standard InChI is InChI=1S/C8H14N2O4/c1-4-14-8(11)7(10-13)6(9-12)5(2)3/h5,12-13H,4H2,1-3H3/b9-6+,10-7-. The Morgan fingerprint density at radius 1 is 1.36 bits per heavy atom. The zero-order chi connectivity index (χ0) is 11.1. The second-order valence-electron chi connectivity index (χ2n) is 2.81. The van der Waals surface area contributed by atoms with Crippen LogP contribution >= 0.6 is 0 Å². The fourth-order valence-corrected chi connectivity index (χ4v) is 0.832. The van der Waals surface area contributed by atoms with Crippen molar-refractivity contribution in [2.24, 2.45) is 16.2 Å². The topological polar surface area (TPSA) is 91.5 Å². The van der Waals surface area contributed by atoms with E-state index in [-0.39, 0.29) is 23.9 Å². The highest BCUT2D eigenvalue weighted by Crippen LogP contribution is 2.01. The fourth-order valence-electron chi connectivity index (χ4n) is 0.832. The van der Waals surface area contributed by atoms with E-state index >= 15 is 0 Å². The molecule has 6 nitrogen and oxygen atoms in total. The van der Waals surface area contributed by atoms with Crippen LogP contribution in [0.1, 0.15) is 20.8 Å². The van der Waals surface area contributed by atoms with Gasteiger partial charge in [0.25, 0.3) is 0 Å². The summed E-state index contributed by atoms with van der Waals surface area (Å²) in [6, 6.07) is 0. The Bertz CT molecular complexity index is 258. The number of nitrogens with zero attached hydrogens (tertiary/aromatic N) is 2. The van der Waals surface area contributed by atoms with E-state index in [1.807, 2.05) is 0 Å². The van der Waals surface area contributed by atoms with E-state index < -0.39 is 5.97 Å². The van der Waals surface area contributed by atoms with Crippen molar-refractivity contribution in [3.05, 3.63) is 0 Å². The third kappa shape index (κ3) is 3.04. The summed E-state index contributed by atoms with van der Waals surface area (Å²) >= 11 is 0. The third-order valence-corrected chi connectivity index (χ3v) is 1.47. The molecule has 0 amide bonds. The average molecular weight is 202 g/mol. The first-order valence-electron chi connectivity index (χ1n) is 4.19. The summed E-state index contributed by atoms with van der Waals surface area (Å²) in [5.74, 6) is -1.05. The van der Waals surface area contributed by atoms with Crippen LogP contribution in [0.2, 0.25) is 0 Å². The molecule has 0 spiro atoms. The van der Waals surface area contributed by atoms with Gasteiger partial charge in [0.05, 0.1) is 6.61 Å². The summed E-state index contributed by atoms with van der Waals surface area (Å²) < 4.78 is 4.61. The van der Waals surface area contributed by atoms with E-state index in [9.17, 15) is 4.79 Å². The highest BCUT2D eigenvalue weighted by atomic mass is 16.5. The van der Waals surface area contributed by atoms with E-state index in [1.54, 1.807) is 20.8 Å². The van der Waals surface area contributed by atoms with Gasteiger partial charge in [-0.05, 0) is 6.92 Å². The number of oxime groups is 2. The molecule has 14 heavy (non-hydrogen) atoms. The lowest BCUT2D eigenvalue weighted by molar-refractivity contribution is -0.134. The number of carbonyl (C=O) groups is 1. The molecule has 0 atom stereocenters. The Balaban J connectivity index is 4.82. The largest absolute Gasteiger partial charge is 0.461 e. The first-order chi connectivity index (χ1) is 6.58. The summed E-state index contributed by atoms with van der Waals surface area (Å²) in [5, 5.41) is 22.8. The van der Waals surface area contributed by atoms with Crippen LogP contribution in [0.15, 0.2) is 10.3 Å². The van der Waals surface area contributed by atoms with E-state index in [0.29, 0.717) is 0 Å². The second-order valence-corrected chi connectivity index (χ2v) is 2.81. The molecule has 0 aliphatic heterocycles. The normalized spacial score (nSPS) is 13.1. The lowest BCUT2D eigenvalue weighted by Crippen LogP contribution is -2.30. The van der Waals surface area contributed by atoms with Crippen molar-refractivity contribution in [2.45, 2.75) is 20.8 Å². The van der Waals surface area contributed by atoms with Gasteiger partial charge in [0, 0.05) is 5.92 Å². The maximum absolute atomic E-state index is 11.2. The molecule has 0 radical (unpaired) electrons. The maximum Gasteiger partial charge on any atom is 0.362 e. The molecular weight excluding hydrogens is 188 g/mol. The lowest BCUT2D eigenvalue weighted by Gasteiger charge is -2.08. The number of hydrogen-bond acceptors (Lipinski definition) is 6. The van der Waals surface area contributed by atoms with E-state index in [4.69, 9.17) is 10.4 Å². The van der Waals surface area contributed by atoms with Gasteiger partial charge in [-0.25, -0.2) is 4.79 Å². The first-order valence-corrected chi connectivity index (χ1v) is 4.19. The van der Waals surface area contributed by atoms with Crippen LogP contribution in [0, 0.1) is 5.92 Å². The zero-order valence-electron chi connectivity index (χ0n) is 8.39. The maximum atomic E-state index is 11.2. The van der Waals surface area contributed by atoms with Crippen molar-refractivity contribution in [3.8, 4) is 0 Å².